The molecule has 2 nitrogen and oxygen atoms in total. The van der Waals surface area contributed by atoms with Crippen LogP contribution in [0.1, 0.15) is 15.9 Å². The second kappa shape index (κ2) is 6.01. The van der Waals surface area contributed by atoms with Gasteiger partial charge in [-0.1, -0.05) is 23.7 Å². The van der Waals surface area contributed by atoms with Crippen LogP contribution in [0.15, 0.2) is 42.5 Å². The van der Waals surface area contributed by atoms with Gasteiger partial charge >= 0.3 is 0 Å². The average molecular weight is 296 g/mol. The van der Waals surface area contributed by atoms with Crippen LogP contribution >= 0.6 is 11.6 Å². The van der Waals surface area contributed by atoms with Gasteiger partial charge in [-0.2, -0.15) is 0 Å². The molecule has 0 unspecified atom stereocenters. The van der Waals surface area contributed by atoms with E-state index in [-0.39, 0.29) is 22.9 Å². The average Bonchev–Trinajstić information content (AvgIpc) is 2.38. The number of amides is 1. The lowest BCUT2D eigenvalue weighted by Crippen LogP contribution is -2.27. The third kappa shape index (κ3) is 3.33. The van der Waals surface area contributed by atoms with E-state index in [2.05, 4.69) is 0 Å². The molecule has 0 aliphatic carbocycles. The molecule has 0 heterocycles. The topological polar surface area (TPSA) is 20.3 Å². The summed E-state index contributed by atoms with van der Waals surface area (Å²) in [5, 5.41) is 0.229. The van der Waals surface area contributed by atoms with Gasteiger partial charge in [0.2, 0.25) is 0 Å². The Hall–Kier alpha value is -1.94. The molecule has 2 rings (SSSR count). The third-order valence-corrected chi connectivity index (χ3v) is 3.05. The number of carbonyl (C=O) groups excluding carboxylic acids is 1. The van der Waals surface area contributed by atoms with Gasteiger partial charge < -0.3 is 4.90 Å². The minimum atomic E-state index is -0.673. The van der Waals surface area contributed by atoms with Crippen molar-refractivity contribution < 1.29 is 13.6 Å². The Labute approximate surface area is 120 Å². The Kier molecular flexibility index (Phi) is 4.35. The Bertz CT molecular complexity index is 646. The van der Waals surface area contributed by atoms with Crippen molar-refractivity contribution >= 4 is 17.5 Å². The summed E-state index contributed by atoms with van der Waals surface area (Å²) in [4.78, 5) is 13.4. The smallest absolute Gasteiger partial charge is 0.256 e. The highest BCUT2D eigenvalue weighted by Gasteiger charge is 2.16. The molecule has 0 N–H and O–H groups in total. The number of hydrogen-bond acceptors (Lipinski definition) is 1. The summed E-state index contributed by atoms with van der Waals surface area (Å²) in [5.74, 6) is -1.53. The molecule has 0 atom stereocenters. The van der Waals surface area contributed by atoms with Crippen molar-refractivity contribution in [3.63, 3.8) is 0 Å². The summed E-state index contributed by atoms with van der Waals surface area (Å²) in [6.07, 6.45) is 0. The molecular weight excluding hydrogens is 284 g/mol. The number of benzene rings is 2. The van der Waals surface area contributed by atoms with Gasteiger partial charge in [-0.15, -0.1) is 0 Å². The fraction of sp³-hybridized carbons (Fsp3) is 0.133. The Morgan fingerprint density at radius 3 is 2.60 bits per heavy atom. The van der Waals surface area contributed by atoms with Gasteiger partial charge in [0, 0.05) is 18.6 Å². The summed E-state index contributed by atoms with van der Waals surface area (Å²) in [6, 6.07) is 9.80. The summed E-state index contributed by atoms with van der Waals surface area (Å²) in [7, 11) is 1.53. The lowest BCUT2D eigenvalue weighted by Gasteiger charge is -2.17. The number of carbonyl (C=O) groups is 1. The molecule has 0 aliphatic rings. The fourth-order valence-electron chi connectivity index (χ4n) is 1.85. The molecule has 20 heavy (non-hydrogen) atoms. The van der Waals surface area contributed by atoms with Gasteiger partial charge in [0.05, 0.1) is 5.56 Å². The van der Waals surface area contributed by atoms with Gasteiger partial charge in [-0.05, 0) is 35.9 Å². The van der Waals surface area contributed by atoms with Crippen LogP contribution in [-0.2, 0) is 6.54 Å². The Morgan fingerprint density at radius 2 is 1.95 bits per heavy atom. The number of halogens is 3. The zero-order valence-corrected chi connectivity index (χ0v) is 11.5. The van der Waals surface area contributed by atoms with Crippen molar-refractivity contribution in [3.8, 4) is 0 Å². The van der Waals surface area contributed by atoms with Crippen LogP contribution in [0.5, 0.6) is 0 Å². The molecule has 0 saturated heterocycles. The van der Waals surface area contributed by atoms with Crippen LogP contribution in [0.2, 0.25) is 5.02 Å². The maximum absolute atomic E-state index is 13.7. The molecule has 0 saturated carbocycles. The lowest BCUT2D eigenvalue weighted by atomic mass is 10.1. The van der Waals surface area contributed by atoms with Gasteiger partial charge in [-0.25, -0.2) is 8.78 Å². The molecule has 0 aliphatic heterocycles. The van der Waals surface area contributed by atoms with Gasteiger partial charge in [0.15, 0.2) is 0 Å². The first-order valence-electron chi connectivity index (χ1n) is 5.92. The van der Waals surface area contributed by atoms with Crippen molar-refractivity contribution in [3.05, 3.63) is 70.2 Å². The molecule has 1 amide bonds. The predicted octanol–water partition coefficient (Wildman–Crippen LogP) is 3.89. The molecule has 0 fully saturated rings. The largest absolute Gasteiger partial charge is 0.337 e. The standard InChI is InChI=1S/C15H12ClF2NO/c1-19(9-10-3-2-4-12(17)7-10)15(20)13-6-5-11(16)8-14(13)18/h2-8H,9H2,1H3. The first-order chi connectivity index (χ1) is 9.47. The molecule has 0 aromatic heterocycles. The van der Waals surface area contributed by atoms with Crippen LogP contribution in [0, 0.1) is 11.6 Å². The van der Waals surface area contributed by atoms with Gasteiger partial charge in [0.25, 0.3) is 5.91 Å². The second-order valence-corrected chi connectivity index (χ2v) is 4.85. The SMILES string of the molecule is CN(Cc1cccc(F)c1)C(=O)c1ccc(Cl)cc1F. The van der Waals surface area contributed by atoms with Crippen LogP contribution in [0.3, 0.4) is 0 Å². The van der Waals surface area contributed by atoms with Crippen molar-refractivity contribution in [2.24, 2.45) is 0 Å². The zero-order chi connectivity index (χ0) is 14.7. The highest BCUT2D eigenvalue weighted by Crippen LogP contribution is 2.17. The van der Waals surface area contributed by atoms with Gasteiger partial charge in [0.1, 0.15) is 11.6 Å². The summed E-state index contributed by atoms with van der Waals surface area (Å²) < 4.78 is 26.7. The molecule has 2 aromatic rings. The van der Waals surface area contributed by atoms with E-state index < -0.39 is 11.7 Å². The van der Waals surface area contributed by atoms with Crippen LogP contribution in [0.4, 0.5) is 8.78 Å². The van der Waals surface area contributed by atoms with Crippen LogP contribution in [-0.4, -0.2) is 17.9 Å². The minimum absolute atomic E-state index is 0.0618. The van der Waals surface area contributed by atoms with Crippen LogP contribution in [0.25, 0.3) is 0 Å². The maximum Gasteiger partial charge on any atom is 0.256 e. The lowest BCUT2D eigenvalue weighted by molar-refractivity contribution is 0.0780. The summed E-state index contributed by atoms with van der Waals surface area (Å²) in [6.45, 7) is 0.193. The number of rotatable bonds is 3. The van der Waals surface area contributed by atoms with E-state index in [4.69, 9.17) is 11.6 Å². The number of nitrogens with zero attached hydrogens (tertiary/aromatic N) is 1. The van der Waals surface area contributed by atoms with E-state index >= 15 is 0 Å². The molecule has 0 radical (unpaired) electrons. The molecule has 0 spiro atoms. The monoisotopic (exact) mass is 295 g/mol. The quantitative estimate of drug-likeness (QED) is 0.841. The van der Waals surface area contributed by atoms with Crippen molar-refractivity contribution in [2.75, 3.05) is 7.05 Å². The number of hydrogen-bond donors (Lipinski definition) is 0. The van der Waals surface area contributed by atoms with E-state index in [1.165, 1.54) is 36.2 Å². The zero-order valence-electron chi connectivity index (χ0n) is 10.7. The minimum Gasteiger partial charge on any atom is -0.337 e. The highest BCUT2D eigenvalue weighted by molar-refractivity contribution is 6.30. The van der Waals surface area contributed by atoms with E-state index in [0.717, 1.165) is 6.07 Å². The highest BCUT2D eigenvalue weighted by atomic mass is 35.5. The first-order valence-corrected chi connectivity index (χ1v) is 6.30. The van der Waals surface area contributed by atoms with Gasteiger partial charge in [-0.3, -0.25) is 4.79 Å². The normalized spacial score (nSPS) is 10.4. The fourth-order valence-corrected chi connectivity index (χ4v) is 2.01. The Balaban J connectivity index is 2.16. The van der Waals surface area contributed by atoms with Crippen molar-refractivity contribution in [2.45, 2.75) is 6.54 Å². The van der Waals surface area contributed by atoms with Crippen molar-refractivity contribution in [1.82, 2.24) is 4.90 Å². The first kappa shape index (κ1) is 14.5. The Morgan fingerprint density at radius 1 is 1.20 bits per heavy atom. The summed E-state index contributed by atoms with van der Waals surface area (Å²) in [5.41, 5.74) is 0.573. The molecule has 5 heteroatoms. The van der Waals surface area contributed by atoms with E-state index in [9.17, 15) is 13.6 Å². The molecule has 0 bridgehead atoms. The molecule has 104 valence electrons. The second-order valence-electron chi connectivity index (χ2n) is 4.42. The predicted molar refractivity (Wildman–Crippen MR) is 73.6 cm³/mol. The summed E-state index contributed by atoms with van der Waals surface area (Å²) >= 11 is 5.64. The van der Waals surface area contributed by atoms with E-state index in [1.54, 1.807) is 12.1 Å². The molecular formula is C15H12ClF2NO. The maximum atomic E-state index is 13.7. The van der Waals surface area contributed by atoms with E-state index in [1.807, 2.05) is 0 Å². The van der Waals surface area contributed by atoms with E-state index in [0.29, 0.717) is 5.56 Å². The third-order valence-electron chi connectivity index (χ3n) is 2.82. The van der Waals surface area contributed by atoms with Crippen LogP contribution < -0.4 is 0 Å². The van der Waals surface area contributed by atoms with Crippen molar-refractivity contribution in [1.29, 1.82) is 0 Å². The molecule has 2 aromatic carbocycles.